The van der Waals surface area contributed by atoms with E-state index in [0.717, 1.165) is 34.0 Å². The smallest absolute Gasteiger partial charge is 0.290 e. The summed E-state index contributed by atoms with van der Waals surface area (Å²) in [7, 11) is 3.44. The fourth-order valence-corrected chi connectivity index (χ4v) is 5.53. The number of H-pyrrole nitrogens is 1. The summed E-state index contributed by atoms with van der Waals surface area (Å²) in [4.78, 5) is 33.4. The molecule has 6 rings (SSSR count). The lowest BCUT2D eigenvalue weighted by Gasteiger charge is -2.34. The maximum absolute atomic E-state index is 14.7. The van der Waals surface area contributed by atoms with Gasteiger partial charge in [-0.3, -0.25) is 9.59 Å². The molecule has 4 heterocycles. The summed E-state index contributed by atoms with van der Waals surface area (Å²) >= 11 is 1.16. The lowest BCUT2D eigenvalue weighted by Crippen LogP contribution is -2.52. The molecule has 2 N–H and O–H groups in total. The number of likely N-dealkylation sites (N-methyl/N-ethyl adjacent to an activating group) is 1. The maximum Gasteiger partial charge on any atom is 0.290 e. The lowest BCUT2D eigenvalue weighted by atomic mass is 9.95. The Balaban J connectivity index is 1.31. The fraction of sp³-hybridized carbons (Fsp3) is 0.231. The number of fused-ring (bicyclic) bond motifs is 4. The van der Waals surface area contributed by atoms with Crippen LogP contribution < -0.4 is 10.2 Å². The van der Waals surface area contributed by atoms with Gasteiger partial charge in [-0.2, -0.15) is 8.75 Å². The predicted molar refractivity (Wildman–Crippen MR) is 138 cm³/mol. The molecule has 11 heteroatoms. The van der Waals surface area contributed by atoms with Crippen LogP contribution in [0.4, 0.5) is 10.1 Å². The van der Waals surface area contributed by atoms with Gasteiger partial charge in [0.05, 0.1) is 24.5 Å². The maximum atomic E-state index is 14.7. The van der Waals surface area contributed by atoms with Crippen molar-refractivity contribution >= 4 is 51.2 Å². The molecule has 1 atom stereocenters. The van der Waals surface area contributed by atoms with Gasteiger partial charge >= 0.3 is 0 Å². The van der Waals surface area contributed by atoms with Crippen LogP contribution in [0.5, 0.6) is 0 Å². The summed E-state index contributed by atoms with van der Waals surface area (Å²) in [5.41, 5.74) is 5.33. The van der Waals surface area contributed by atoms with Gasteiger partial charge in [0.25, 0.3) is 5.91 Å². The first-order chi connectivity index (χ1) is 17.9. The Labute approximate surface area is 215 Å². The summed E-state index contributed by atoms with van der Waals surface area (Å²) in [5, 5.41) is 3.11. The van der Waals surface area contributed by atoms with Crippen LogP contribution in [0.3, 0.4) is 0 Å². The second kappa shape index (κ2) is 9.00. The second-order valence-corrected chi connectivity index (χ2v) is 9.61. The van der Waals surface area contributed by atoms with Crippen molar-refractivity contribution in [1.29, 1.82) is 0 Å². The number of benzene rings is 2. The van der Waals surface area contributed by atoms with E-state index in [1.54, 1.807) is 18.2 Å². The fourth-order valence-electron chi connectivity index (χ4n) is 5.02. The number of carbonyl (C=O) groups is 2. The second-order valence-electron chi connectivity index (χ2n) is 9.08. The molecule has 1 aliphatic heterocycles. The third-order valence-corrected chi connectivity index (χ3v) is 7.46. The van der Waals surface area contributed by atoms with E-state index in [9.17, 15) is 14.0 Å². The summed E-state index contributed by atoms with van der Waals surface area (Å²) in [6.07, 6.45) is 1.67. The highest BCUT2D eigenvalue weighted by Gasteiger charge is 2.38. The van der Waals surface area contributed by atoms with Crippen LogP contribution in [-0.2, 0) is 24.3 Å². The molecule has 2 amide bonds. The molecule has 188 valence electrons. The van der Waals surface area contributed by atoms with E-state index in [1.807, 2.05) is 30.1 Å². The first-order valence-corrected chi connectivity index (χ1v) is 12.5. The number of halogens is 1. The average Bonchev–Trinajstić information content (AvgIpc) is 3.64. The molecular weight excluding hydrogens is 495 g/mol. The first kappa shape index (κ1) is 23.2. The first-order valence-electron chi connectivity index (χ1n) is 11.7. The van der Waals surface area contributed by atoms with Gasteiger partial charge in [0.2, 0.25) is 5.91 Å². The summed E-state index contributed by atoms with van der Waals surface area (Å²) < 4.78 is 28.8. The number of carbonyl (C=O) groups excluding carboxylic acids is 2. The zero-order valence-corrected chi connectivity index (χ0v) is 20.9. The number of aromatic nitrogens is 3. The zero-order chi connectivity index (χ0) is 25.7. The molecule has 1 unspecified atom stereocenters. The Kier molecular flexibility index (Phi) is 5.64. The van der Waals surface area contributed by atoms with Crippen LogP contribution in [0.2, 0.25) is 0 Å². The SMILES string of the molecule is CNC(=O)C1Cc2c([nH]c3cccc(F)c23)CN1C(=O)c1occc1CN(C)c1ccc2nsnc2c1. The van der Waals surface area contributed by atoms with Gasteiger partial charge in [0, 0.05) is 54.9 Å². The Morgan fingerprint density at radius 2 is 2.08 bits per heavy atom. The molecule has 9 nitrogen and oxygen atoms in total. The molecule has 0 saturated carbocycles. The van der Waals surface area contributed by atoms with Crippen LogP contribution in [0.25, 0.3) is 21.9 Å². The van der Waals surface area contributed by atoms with Crippen LogP contribution >= 0.6 is 11.7 Å². The van der Waals surface area contributed by atoms with E-state index in [0.29, 0.717) is 28.7 Å². The third-order valence-electron chi connectivity index (χ3n) is 6.90. The lowest BCUT2D eigenvalue weighted by molar-refractivity contribution is -0.125. The monoisotopic (exact) mass is 518 g/mol. The summed E-state index contributed by atoms with van der Waals surface area (Å²) in [6.45, 7) is 0.534. The quantitative estimate of drug-likeness (QED) is 0.366. The Morgan fingerprint density at radius 3 is 2.92 bits per heavy atom. The van der Waals surface area contributed by atoms with Crippen molar-refractivity contribution in [2.45, 2.75) is 25.6 Å². The molecule has 0 spiro atoms. The molecule has 0 aliphatic carbocycles. The number of amides is 2. The minimum atomic E-state index is -0.807. The molecule has 0 fully saturated rings. The molecular formula is C26H23FN6O3S. The van der Waals surface area contributed by atoms with Gasteiger partial charge in [-0.1, -0.05) is 6.07 Å². The highest BCUT2D eigenvalue weighted by molar-refractivity contribution is 7.00. The Morgan fingerprint density at radius 1 is 1.24 bits per heavy atom. The van der Waals surface area contributed by atoms with Crippen molar-refractivity contribution in [2.75, 3.05) is 19.0 Å². The van der Waals surface area contributed by atoms with E-state index in [-0.39, 0.29) is 30.5 Å². The van der Waals surface area contributed by atoms with Crippen LogP contribution in [-0.4, -0.2) is 50.6 Å². The number of rotatable bonds is 5. The highest BCUT2D eigenvalue weighted by Crippen LogP contribution is 2.33. The van der Waals surface area contributed by atoms with Crippen molar-refractivity contribution < 1.29 is 18.4 Å². The number of nitrogens with one attached hydrogen (secondary N) is 2. The summed E-state index contributed by atoms with van der Waals surface area (Å²) in [6, 6.07) is 11.6. The van der Waals surface area contributed by atoms with Gasteiger partial charge in [-0.25, -0.2) is 4.39 Å². The van der Waals surface area contributed by atoms with Crippen molar-refractivity contribution in [3.05, 3.63) is 77.1 Å². The van der Waals surface area contributed by atoms with Crippen molar-refractivity contribution in [3.8, 4) is 0 Å². The summed E-state index contributed by atoms with van der Waals surface area (Å²) in [5.74, 6) is -0.901. The van der Waals surface area contributed by atoms with Gasteiger partial charge < -0.3 is 24.5 Å². The minimum Gasteiger partial charge on any atom is -0.459 e. The minimum absolute atomic E-state index is 0.129. The number of furan rings is 1. The molecule has 2 aromatic carbocycles. The topological polar surface area (TPSA) is 107 Å². The van der Waals surface area contributed by atoms with Crippen molar-refractivity contribution in [3.63, 3.8) is 0 Å². The van der Waals surface area contributed by atoms with Crippen molar-refractivity contribution in [1.82, 2.24) is 23.9 Å². The van der Waals surface area contributed by atoms with Gasteiger partial charge in [-0.15, -0.1) is 0 Å². The average molecular weight is 519 g/mol. The highest BCUT2D eigenvalue weighted by atomic mass is 32.1. The molecule has 0 radical (unpaired) electrons. The normalized spacial score (nSPS) is 15.2. The molecule has 0 bridgehead atoms. The van der Waals surface area contributed by atoms with Crippen molar-refractivity contribution in [2.24, 2.45) is 0 Å². The number of hydrogen-bond acceptors (Lipinski definition) is 7. The van der Waals surface area contributed by atoms with E-state index >= 15 is 0 Å². The van der Waals surface area contributed by atoms with Gasteiger partial charge in [0.15, 0.2) is 5.76 Å². The van der Waals surface area contributed by atoms with E-state index in [2.05, 4.69) is 19.0 Å². The Hall–Kier alpha value is -4.25. The standard InChI is InChI=1S/C26H23FN6O3S/c1-28-25(34)22-11-16-21(29-19-5-3-4-17(27)23(16)19)13-33(22)26(35)24-14(8-9-36-24)12-32(2)15-6-7-18-20(10-15)31-37-30-18/h3-10,22,29H,11-13H2,1-2H3,(H,28,34). The molecule has 37 heavy (non-hydrogen) atoms. The molecule has 1 aliphatic rings. The predicted octanol–water partition coefficient (Wildman–Crippen LogP) is 3.85. The third kappa shape index (κ3) is 3.91. The van der Waals surface area contributed by atoms with Gasteiger partial charge in [0.1, 0.15) is 22.9 Å². The van der Waals surface area contributed by atoms with E-state index in [1.165, 1.54) is 24.3 Å². The van der Waals surface area contributed by atoms with E-state index in [4.69, 9.17) is 4.42 Å². The van der Waals surface area contributed by atoms with E-state index < -0.39 is 11.9 Å². The molecule has 3 aromatic heterocycles. The largest absolute Gasteiger partial charge is 0.459 e. The molecule has 0 saturated heterocycles. The Bertz CT molecular complexity index is 1660. The number of anilines is 1. The van der Waals surface area contributed by atoms with Crippen LogP contribution in [0.15, 0.2) is 53.1 Å². The van der Waals surface area contributed by atoms with Crippen LogP contribution in [0.1, 0.15) is 27.4 Å². The van der Waals surface area contributed by atoms with Gasteiger partial charge in [-0.05, 0) is 42.0 Å². The number of hydrogen-bond donors (Lipinski definition) is 2. The zero-order valence-electron chi connectivity index (χ0n) is 20.1. The molecule has 5 aromatic rings. The number of nitrogens with zero attached hydrogens (tertiary/aromatic N) is 4. The number of aromatic amines is 1. The van der Waals surface area contributed by atoms with Crippen LogP contribution in [0, 0.1) is 5.82 Å².